The van der Waals surface area contributed by atoms with Gasteiger partial charge in [0, 0.05) is 6.04 Å². The van der Waals surface area contributed by atoms with Crippen LogP contribution in [0.3, 0.4) is 0 Å². The molecule has 0 radical (unpaired) electrons. The molecule has 0 aliphatic carbocycles. The predicted octanol–water partition coefficient (Wildman–Crippen LogP) is 2.84. The van der Waals surface area contributed by atoms with Gasteiger partial charge in [-0.15, -0.1) is 0 Å². The first-order valence-electron chi connectivity index (χ1n) is 6.91. The highest BCUT2D eigenvalue weighted by molar-refractivity contribution is 5.99. The fourth-order valence-corrected chi connectivity index (χ4v) is 2.37. The van der Waals surface area contributed by atoms with Crippen LogP contribution in [0.15, 0.2) is 18.2 Å². The number of nitrogens with two attached hydrogens (primary N) is 1. The van der Waals surface area contributed by atoms with Gasteiger partial charge in [0.2, 0.25) is 0 Å². The van der Waals surface area contributed by atoms with Gasteiger partial charge in [-0.3, -0.25) is 10.6 Å². The molecule has 4 N–H and O–H groups in total. The molecule has 1 unspecified atom stereocenters. The van der Waals surface area contributed by atoms with Crippen LogP contribution >= 0.6 is 0 Å². The van der Waals surface area contributed by atoms with Crippen molar-refractivity contribution in [3.63, 3.8) is 0 Å². The van der Waals surface area contributed by atoms with Crippen LogP contribution in [0, 0.1) is 12.8 Å². The van der Waals surface area contributed by atoms with Gasteiger partial charge in [0.05, 0.1) is 11.3 Å². The van der Waals surface area contributed by atoms with Crippen molar-refractivity contribution in [3.8, 4) is 0 Å². The number of amides is 1. The standard InChI is InChI=1S/C15H25N3O/c1-5-12(6-2)11(4)17-15(19)13-8-7-10(3)9-14(13)18-16/h7-9,11-12,18H,5-6,16H2,1-4H3,(H,17,19). The minimum absolute atomic E-state index is 0.0765. The van der Waals surface area contributed by atoms with Crippen LogP contribution in [-0.2, 0) is 0 Å². The quantitative estimate of drug-likeness (QED) is 0.546. The maximum absolute atomic E-state index is 12.3. The summed E-state index contributed by atoms with van der Waals surface area (Å²) in [6.07, 6.45) is 2.13. The lowest BCUT2D eigenvalue weighted by Crippen LogP contribution is -2.38. The van der Waals surface area contributed by atoms with Crippen molar-refractivity contribution in [2.24, 2.45) is 11.8 Å². The number of rotatable bonds is 6. The van der Waals surface area contributed by atoms with Crippen LogP contribution in [0.1, 0.15) is 49.5 Å². The van der Waals surface area contributed by atoms with Crippen molar-refractivity contribution in [1.82, 2.24) is 5.32 Å². The molecule has 106 valence electrons. The van der Waals surface area contributed by atoms with Gasteiger partial charge in [0.15, 0.2) is 0 Å². The number of nitrogen functional groups attached to an aromatic ring is 1. The first-order valence-corrected chi connectivity index (χ1v) is 6.91. The Labute approximate surface area is 115 Å². The lowest BCUT2D eigenvalue weighted by Gasteiger charge is -2.23. The summed E-state index contributed by atoms with van der Waals surface area (Å²) in [6, 6.07) is 5.75. The van der Waals surface area contributed by atoms with Gasteiger partial charge in [-0.1, -0.05) is 32.8 Å². The normalized spacial score (nSPS) is 12.3. The van der Waals surface area contributed by atoms with Gasteiger partial charge < -0.3 is 10.7 Å². The Kier molecular flexibility index (Phi) is 5.83. The van der Waals surface area contributed by atoms with E-state index in [4.69, 9.17) is 5.84 Å². The first kappa shape index (κ1) is 15.5. The molecule has 0 heterocycles. The number of nitrogens with one attached hydrogen (secondary N) is 2. The number of benzene rings is 1. The zero-order chi connectivity index (χ0) is 14.4. The first-order chi connectivity index (χ1) is 9.03. The van der Waals surface area contributed by atoms with E-state index in [1.165, 1.54) is 0 Å². The molecular formula is C15H25N3O. The van der Waals surface area contributed by atoms with E-state index in [9.17, 15) is 4.79 Å². The molecule has 1 rings (SSSR count). The van der Waals surface area contributed by atoms with Gasteiger partial charge in [-0.25, -0.2) is 0 Å². The number of aryl methyl sites for hydroxylation is 1. The molecule has 1 aromatic carbocycles. The molecule has 19 heavy (non-hydrogen) atoms. The molecule has 0 aliphatic heterocycles. The average molecular weight is 263 g/mol. The van der Waals surface area contributed by atoms with Crippen molar-refractivity contribution < 1.29 is 4.79 Å². The lowest BCUT2D eigenvalue weighted by molar-refractivity contribution is 0.0926. The lowest BCUT2D eigenvalue weighted by atomic mass is 9.95. The maximum Gasteiger partial charge on any atom is 0.253 e. The second kappa shape index (κ2) is 7.14. The molecule has 0 bridgehead atoms. The Morgan fingerprint density at radius 1 is 1.32 bits per heavy atom. The monoisotopic (exact) mass is 263 g/mol. The number of anilines is 1. The highest BCUT2D eigenvalue weighted by Crippen LogP contribution is 2.18. The van der Waals surface area contributed by atoms with Crippen LogP contribution in [0.5, 0.6) is 0 Å². The van der Waals surface area contributed by atoms with Crippen molar-refractivity contribution in [3.05, 3.63) is 29.3 Å². The predicted molar refractivity (Wildman–Crippen MR) is 80.0 cm³/mol. The zero-order valence-electron chi connectivity index (χ0n) is 12.3. The Balaban J connectivity index is 2.83. The molecule has 0 spiro atoms. The number of carbonyl (C=O) groups excluding carboxylic acids is 1. The number of hydrogen-bond acceptors (Lipinski definition) is 3. The molecular weight excluding hydrogens is 238 g/mol. The highest BCUT2D eigenvalue weighted by Gasteiger charge is 2.18. The zero-order valence-corrected chi connectivity index (χ0v) is 12.3. The molecule has 1 amide bonds. The molecule has 4 heteroatoms. The van der Waals surface area contributed by atoms with E-state index in [-0.39, 0.29) is 11.9 Å². The topological polar surface area (TPSA) is 67.2 Å². The summed E-state index contributed by atoms with van der Waals surface area (Å²) in [5.74, 6) is 5.90. The molecule has 1 aromatic rings. The molecule has 0 saturated heterocycles. The molecule has 0 saturated carbocycles. The van der Waals surface area contributed by atoms with Crippen LogP contribution in [0.2, 0.25) is 0 Å². The van der Waals surface area contributed by atoms with E-state index in [1.54, 1.807) is 6.07 Å². The van der Waals surface area contributed by atoms with E-state index in [0.29, 0.717) is 17.2 Å². The molecule has 0 fully saturated rings. The Bertz CT molecular complexity index is 427. The van der Waals surface area contributed by atoms with Crippen molar-refractivity contribution in [1.29, 1.82) is 0 Å². The summed E-state index contributed by atoms with van der Waals surface area (Å²) in [6.45, 7) is 8.32. The maximum atomic E-state index is 12.3. The van der Waals surface area contributed by atoms with Gasteiger partial charge in [-0.2, -0.15) is 0 Å². The van der Waals surface area contributed by atoms with Crippen LogP contribution < -0.4 is 16.6 Å². The fraction of sp³-hybridized carbons (Fsp3) is 0.533. The van der Waals surface area contributed by atoms with E-state index in [0.717, 1.165) is 18.4 Å². The van der Waals surface area contributed by atoms with E-state index < -0.39 is 0 Å². The third-order valence-corrected chi connectivity index (χ3v) is 3.69. The van der Waals surface area contributed by atoms with E-state index in [1.807, 2.05) is 19.1 Å². The van der Waals surface area contributed by atoms with E-state index >= 15 is 0 Å². The SMILES string of the molecule is CCC(CC)C(C)NC(=O)c1ccc(C)cc1NN. The summed E-state index contributed by atoms with van der Waals surface area (Å²) >= 11 is 0. The largest absolute Gasteiger partial charge is 0.349 e. The minimum Gasteiger partial charge on any atom is -0.349 e. The Hall–Kier alpha value is -1.55. The summed E-state index contributed by atoms with van der Waals surface area (Å²) in [4.78, 5) is 12.3. The fourth-order valence-electron chi connectivity index (χ4n) is 2.37. The molecule has 0 aromatic heterocycles. The van der Waals surface area contributed by atoms with Gasteiger partial charge in [0.1, 0.15) is 0 Å². The highest BCUT2D eigenvalue weighted by atomic mass is 16.1. The molecule has 4 nitrogen and oxygen atoms in total. The average Bonchev–Trinajstić information content (AvgIpc) is 2.39. The van der Waals surface area contributed by atoms with E-state index in [2.05, 4.69) is 31.5 Å². The third kappa shape index (κ3) is 3.96. The van der Waals surface area contributed by atoms with Crippen molar-refractivity contribution in [2.45, 2.75) is 46.6 Å². The van der Waals surface area contributed by atoms with Crippen LogP contribution in [-0.4, -0.2) is 11.9 Å². The number of carbonyl (C=O) groups is 1. The van der Waals surface area contributed by atoms with Crippen LogP contribution in [0.4, 0.5) is 5.69 Å². The van der Waals surface area contributed by atoms with Crippen LogP contribution in [0.25, 0.3) is 0 Å². The summed E-state index contributed by atoms with van der Waals surface area (Å²) in [7, 11) is 0. The van der Waals surface area contributed by atoms with Gasteiger partial charge in [0.25, 0.3) is 5.91 Å². The summed E-state index contributed by atoms with van der Waals surface area (Å²) in [5.41, 5.74) is 4.90. The molecule has 0 aliphatic rings. The Morgan fingerprint density at radius 2 is 1.95 bits per heavy atom. The minimum atomic E-state index is -0.0765. The Morgan fingerprint density at radius 3 is 2.47 bits per heavy atom. The van der Waals surface area contributed by atoms with Gasteiger partial charge >= 0.3 is 0 Å². The second-order valence-electron chi connectivity index (χ2n) is 5.03. The van der Waals surface area contributed by atoms with Gasteiger partial charge in [-0.05, 0) is 37.5 Å². The van der Waals surface area contributed by atoms with Crippen molar-refractivity contribution in [2.75, 3.05) is 5.43 Å². The third-order valence-electron chi connectivity index (χ3n) is 3.69. The summed E-state index contributed by atoms with van der Waals surface area (Å²) in [5, 5.41) is 3.06. The number of hydrogen-bond donors (Lipinski definition) is 3. The van der Waals surface area contributed by atoms with Crippen molar-refractivity contribution >= 4 is 11.6 Å². The second-order valence-corrected chi connectivity index (χ2v) is 5.03. The number of hydrazine groups is 1. The molecule has 1 atom stereocenters. The smallest absolute Gasteiger partial charge is 0.253 e. The summed E-state index contributed by atoms with van der Waals surface area (Å²) < 4.78 is 0.